The molecule has 2 aliphatic rings. The van der Waals surface area contributed by atoms with Crippen LogP contribution in [0, 0.1) is 0 Å². The second-order valence-corrected chi connectivity index (χ2v) is 10.8. The molecule has 0 bridgehead atoms. The molecule has 2 fully saturated rings. The van der Waals surface area contributed by atoms with Crippen molar-refractivity contribution in [3.8, 4) is 0 Å². The average molecular weight is 699 g/mol. The Hall–Kier alpha value is -4.65. The van der Waals surface area contributed by atoms with Gasteiger partial charge in [-0.1, -0.05) is 18.2 Å². The van der Waals surface area contributed by atoms with Crippen LogP contribution < -0.4 is 0 Å². The fraction of sp³-hybridized carbons (Fsp3) is 0.581. The van der Waals surface area contributed by atoms with Gasteiger partial charge in [-0.05, 0) is 12.1 Å². The lowest BCUT2D eigenvalue weighted by atomic mass is 9.96. The molecule has 0 saturated carbocycles. The first kappa shape index (κ1) is 38.8. The van der Waals surface area contributed by atoms with Crippen molar-refractivity contribution >= 4 is 41.8 Å². The Balaban J connectivity index is 2.15. The Bertz CT molecular complexity index is 1360. The number of hydrogen-bond acceptors (Lipinski definition) is 18. The highest BCUT2D eigenvalue weighted by molar-refractivity contribution is 5.89. The SMILES string of the molecule is CC(=O)OC[C@H]1O[C@H](O)[C@H](OC(=O)c2ccccc2)[C@@H](O[C@@H]2O[C@H](COC(C)=O)[C@H](OC(C)=O)[C@H](OC(C)=O)[C@H]2OC(C)=O)[C@H]1OC(C)=O. The minimum atomic E-state index is -2.00. The van der Waals surface area contributed by atoms with Gasteiger partial charge in [0, 0.05) is 41.5 Å². The molecular weight excluding hydrogens is 660 g/mol. The van der Waals surface area contributed by atoms with Gasteiger partial charge in [0.25, 0.3) is 0 Å². The van der Waals surface area contributed by atoms with Crippen LogP contribution in [-0.4, -0.2) is 122 Å². The predicted molar refractivity (Wildman–Crippen MR) is 156 cm³/mol. The van der Waals surface area contributed by atoms with Gasteiger partial charge in [0.1, 0.15) is 31.5 Å². The molecule has 0 aliphatic carbocycles. The Morgan fingerprint density at radius 3 is 1.49 bits per heavy atom. The highest BCUT2D eigenvalue weighted by atomic mass is 16.8. The number of carbonyl (C=O) groups is 7. The van der Waals surface area contributed by atoms with Crippen LogP contribution in [0.4, 0.5) is 0 Å². The molecule has 49 heavy (non-hydrogen) atoms. The largest absolute Gasteiger partial charge is 0.463 e. The van der Waals surface area contributed by atoms with Gasteiger partial charge in [0.05, 0.1) is 5.56 Å². The molecule has 2 saturated heterocycles. The maximum atomic E-state index is 13.2. The number of aliphatic hydroxyl groups is 1. The quantitative estimate of drug-likeness (QED) is 0.222. The summed E-state index contributed by atoms with van der Waals surface area (Å²) < 4.78 is 55.2. The van der Waals surface area contributed by atoms with Crippen LogP contribution in [0.15, 0.2) is 30.3 Å². The summed E-state index contributed by atoms with van der Waals surface area (Å²) in [7, 11) is 0. The molecule has 0 amide bonds. The molecule has 1 N–H and O–H groups in total. The zero-order valence-electron chi connectivity index (χ0n) is 27.5. The van der Waals surface area contributed by atoms with Crippen molar-refractivity contribution < 1.29 is 86.0 Å². The highest BCUT2D eigenvalue weighted by Gasteiger charge is 2.57. The van der Waals surface area contributed by atoms with E-state index in [2.05, 4.69) is 0 Å². The van der Waals surface area contributed by atoms with E-state index >= 15 is 0 Å². The van der Waals surface area contributed by atoms with Crippen molar-refractivity contribution in [3.05, 3.63) is 35.9 Å². The van der Waals surface area contributed by atoms with Gasteiger partial charge < -0.3 is 52.5 Å². The number of aliphatic hydroxyl groups excluding tert-OH is 1. The maximum Gasteiger partial charge on any atom is 0.338 e. The first-order valence-electron chi connectivity index (χ1n) is 14.9. The Morgan fingerprint density at radius 2 is 1.00 bits per heavy atom. The van der Waals surface area contributed by atoms with Crippen LogP contribution in [0.25, 0.3) is 0 Å². The molecule has 0 aromatic heterocycles. The average Bonchev–Trinajstić information content (AvgIpc) is 3.00. The number of esters is 7. The van der Waals surface area contributed by atoms with Gasteiger partial charge >= 0.3 is 41.8 Å². The zero-order valence-corrected chi connectivity index (χ0v) is 27.5. The van der Waals surface area contributed by atoms with E-state index in [4.69, 9.17) is 47.4 Å². The van der Waals surface area contributed by atoms with Gasteiger partial charge in [-0.15, -0.1) is 0 Å². The van der Waals surface area contributed by atoms with Crippen LogP contribution in [-0.2, 0) is 76.1 Å². The minimum absolute atomic E-state index is 0.0480. The second-order valence-electron chi connectivity index (χ2n) is 10.8. The van der Waals surface area contributed by atoms with Crippen LogP contribution >= 0.6 is 0 Å². The summed E-state index contributed by atoms with van der Waals surface area (Å²) in [6, 6.07) is 7.57. The molecule has 18 nitrogen and oxygen atoms in total. The van der Waals surface area contributed by atoms with E-state index in [9.17, 15) is 38.7 Å². The number of rotatable bonds is 12. The number of benzene rings is 1. The summed E-state index contributed by atoms with van der Waals surface area (Å²) in [5.41, 5.74) is 0.0480. The van der Waals surface area contributed by atoms with E-state index in [0.29, 0.717) is 0 Å². The summed E-state index contributed by atoms with van der Waals surface area (Å²) >= 11 is 0. The first-order valence-corrected chi connectivity index (χ1v) is 14.9. The number of ether oxygens (including phenoxy) is 10. The maximum absolute atomic E-state index is 13.2. The van der Waals surface area contributed by atoms with E-state index in [0.717, 1.165) is 41.5 Å². The molecule has 0 spiro atoms. The standard InChI is InChI=1S/C31H38O18/c1-14(32)40-12-21-23(42-16(3)34)25(27(30(39)46-21)48-29(38)20-10-8-7-9-11-20)49-31-28(45-19(6)37)26(44-18(5)36)24(43-17(4)35)22(47-31)13-41-15(2)33/h7-11,21-28,30-31,39H,12-13H2,1-6H3/t21-,22-,23+,24+,25+,26+,27-,28-,30+,31+/m1/s1. The molecule has 10 atom stereocenters. The molecule has 2 heterocycles. The van der Waals surface area contributed by atoms with Crippen LogP contribution in [0.5, 0.6) is 0 Å². The predicted octanol–water partition coefficient (Wildman–Crippen LogP) is -0.108. The van der Waals surface area contributed by atoms with Crippen molar-refractivity contribution in [3.63, 3.8) is 0 Å². The van der Waals surface area contributed by atoms with E-state index < -0.39 is 116 Å². The van der Waals surface area contributed by atoms with E-state index in [-0.39, 0.29) is 5.56 Å². The second kappa shape index (κ2) is 17.7. The first-order chi connectivity index (χ1) is 23.1. The Labute approximate surface area is 280 Å². The summed E-state index contributed by atoms with van der Waals surface area (Å²) in [5.74, 6) is -6.12. The molecule has 0 radical (unpaired) electrons. The highest BCUT2D eigenvalue weighted by Crippen LogP contribution is 2.35. The molecular formula is C31H38O18. The third-order valence-electron chi connectivity index (χ3n) is 6.85. The van der Waals surface area contributed by atoms with Crippen molar-refractivity contribution in [1.29, 1.82) is 0 Å². The number of carbonyl (C=O) groups excluding carboxylic acids is 7. The summed E-state index contributed by atoms with van der Waals surface area (Å²) in [6.45, 7) is 5.11. The van der Waals surface area contributed by atoms with Crippen molar-refractivity contribution in [2.75, 3.05) is 13.2 Å². The summed E-state index contributed by atoms with van der Waals surface area (Å²) in [4.78, 5) is 85.6. The fourth-order valence-corrected chi connectivity index (χ4v) is 5.06. The summed E-state index contributed by atoms with van der Waals surface area (Å²) in [5, 5.41) is 11.1. The third-order valence-corrected chi connectivity index (χ3v) is 6.85. The summed E-state index contributed by atoms with van der Waals surface area (Å²) in [6.07, 6.45) is -16.8. The van der Waals surface area contributed by atoms with Crippen LogP contribution in [0.1, 0.15) is 51.9 Å². The Morgan fingerprint density at radius 1 is 0.551 bits per heavy atom. The van der Waals surface area contributed by atoms with Crippen molar-refractivity contribution in [2.45, 2.75) is 103 Å². The molecule has 3 rings (SSSR count). The smallest absolute Gasteiger partial charge is 0.338 e. The lowest BCUT2D eigenvalue weighted by Gasteiger charge is -2.48. The van der Waals surface area contributed by atoms with Crippen molar-refractivity contribution in [2.24, 2.45) is 0 Å². The van der Waals surface area contributed by atoms with Gasteiger partial charge in [0.2, 0.25) is 0 Å². The van der Waals surface area contributed by atoms with Gasteiger partial charge in [-0.3, -0.25) is 28.8 Å². The Kier molecular flexibility index (Phi) is 14.0. The van der Waals surface area contributed by atoms with Gasteiger partial charge in [0.15, 0.2) is 43.1 Å². The molecule has 18 heteroatoms. The normalized spacial score (nSPS) is 29.4. The zero-order chi connectivity index (χ0) is 36.4. The monoisotopic (exact) mass is 698 g/mol. The fourth-order valence-electron chi connectivity index (χ4n) is 5.06. The lowest BCUT2D eigenvalue weighted by molar-refractivity contribution is -0.356. The van der Waals surface area contributed by atoms with Gasteiger partial charge in [-0.25, -0.2) is 4.79 Å². The lowest BCUT2D eigenvalue weighted by Crippen LogP contribution is -2.67. The van der Waals surface area contributed by atoms with Gasteiger partial charge in [-0.2, -0.15) is 0 Å². The molecule has 1 aromatic rings. The molecule has 1 aromatic carbocycles. The van der Waals surface area contributed by atoms with E-state index in [1.54, 1.807) is 18.2 Å². The van der Waals surface area contributed by atoms with Crippen molar-refractivity contribution in [1.82, 2.24) is 0 Å². The van der Waals surface area contributed by atoms with E-state index in [1.807, 2.05) is 0 Å². The third kappa shape index (κ3) is 11.2. The molecule has 270 valence electrons. The molecule has 0 unspecified atom stereocenters. The molecule has 2 aliphatic heterocycles. The van der Waals surface area contributed by atoms with Crippen LogP contribution in [0.2, 0.25) is 0 Å². The van der Waals surface area contributed by atoms with E-state index in [1.165, 1.54) is 12.1 Å². The minimum Gasteiger partial charge on any atom is -0.463 e. The van der Waals surface area contributed by atoms with Crippen LogP contribution in [0.3, 0.4) is 0 Å². The number of hydrogen-bond donors (Lipinski definition) is 1. The topological polar surface area (TPSA) is 232 Å².